The van der Waals surface area contributed by atoms with Crippen LogP contribution in [0.4, 0.5) is 0 Å². The van der Waals surface area contributed by atoms with Gasteiger partial charge in [-0.3, -0.25) is 0 Å². The molecular weight excluding hydrogens is 232 g/mol. The summed E-state index contributed by atoms with van der Waals surface area (Å²) in [6, 6.07) is 7.02. The van der Waals surface area contributed by atoms with E-state index >= 15 is 0 Å². The third-order valence-corrected chi connectivity index (χ3v) is 4.92. The SMILES string of the molecule is CC1=CC=C(S(=O)(=O)c2ccc(C)cc2)CC1. The molecule has 17 heavy (non-hydrogen) atoms. The Hall–Kier alpha value is -1.35. The summed E-state index contributed by atoms with van der Waals surface area (Å²) in [5.74, 6) is 0. The van der Waals surface area contributed by atoms with E-state index in [4.69, 9.17) is 0 Å². The Labute approximate surface area is 103 Å². The van der Waals surface area contributed by atoms with E-state index in [2.05, 4.69) is 0 Å². The lowest BCUT2D eigenvalue weighted by Gasteiger charge is -2.13. The van der Waals surface area contributed by atoms with Gasteiger partial charge in [0.15, 0.2) is 0 Å². The van der Waals surface area contributed by atoms with Gasteiger partial charge in [-0.1, -0.05) is 29.3 Å². The molecule has 0 saturated carbocycles. The molecule has 0 aromatic heterocycles. The summed E-state index contributed by atoms with van der Waals surface area (Å²) in [7, 11) is -3.29. The van der Waals surface area contributed by atoms with Crippen LogP contribution in [0.3, 0.4) is 0 Å². The van der Waals surface area contributed by atoms with Crippen molar-refractivity contribution in [1.29, 1.82) is 0 Å². The van der Waals surface area contributed by atoms with E-state index in [1.807, 2.05) is 32.1 Å². The van der Waals surface area contributed by atoms with Crippen molar-refractivity contribution in [3.8, 4) is 0 Å². The number of sulfone groups is 1. The topological polar surface area (TPSA) is 34.1 Å². The lowest BCUT2D eigenvalue weighted by atomic mass is 10.1. The van der Waals surface area contributed by atoms with Gasteiger partial charge in [-0.2, -0.15) is 0 Å². The maximum atomic E-state index is 12.3. The smallest absolute Gasteiger partial charge is 0.202 e. The molecule has 1 aliphatic carbocycles. The number of benzene rings is 1. The van der Waals surface area contributed by atoms with Gasteiger partial charge in [-0.25, -0.2) is 8.42 Å². The Morgan fingerprint density at radius 3 is 2.12 bits per heavy atom. The van der Waals surface area contributed by atoms with Crippen molar-refractivity contribution < 1.29 is 8.42 Å². The molecule has 2 nitrogen and oxygen atoms in total. The highest BCUT2D eigenvalue weighted by Gasteiger charge is 2.21. The van der Waals surface area contributed by atoms with Gasteiger partial charge in [-0.05, 0) is 44.9 Å². The molecule has 0 aliphatic heterocycles. The van der Waals surface area contributed by atoms with Gasteiger partial charge in [0.05, 0.1) is 4.90 Å². The van der Waals surface area contributed by atoms with Crippen molar-refractivity contribution >= 4 is 9.84 Å². The first kappa shape index (κ1) is 12.1. The zero-order chi connectivity index (χ0) is 12.5. The van der Waals surface area contributed by atoms with Crippen LogP contribution in [-0.2, 0) is 9.84 Å². The molecule has 0 spiro atoms. The zero-order valence-electron chi connectivity index (χ0n) is 10.1. The Kier molecular flexibility index (Phi) is 3.20. The molecule has 1 aliphatic rings. The quantitative estimate of drug-likeness (QED) is 0.804. The standard InChI is InChI=1S/C14H16O2S/c1-11-3-7-13(8-4-11)17(15,16)14-9-5-12(2)6-10-14/h3-5,7-9H,6,10H2,1-2H3. The van der Waals surface area contributed by atoms with E-state index in [-0.39, 0.29) is 0 Å². The lowest BCUT2D eigenvalue weighted by Crippen LogP contribution is -2.07. The number of hydrogen-bond acceptors (Lipinski definition) is 2. The Morgan fingerprint density at radius 2 is 1.59 bits per heavy atom. The Balaban J connectivity index is 2.41. The number of aryl methyl sites for hydroxylation is 1. The largest absolute Gasteiger partial charge is 0.219 e. The summed E-state index contributed by atoms with van der Waals surface area (Å²) in [6.45, 7) is 3.97. The molecule has 0 heterocycles. The van der Waals surface area contributed by atoms with Crippen LogP contribution in [0, 0.1) is 6.92 Å². The highest BCUT2D eigenvalue weighted by Crippen LogP contribution is 2.27. The molecule has 0 radical (unpaired) electrons. The van der Waals surface area contributed by atoms with Crippen LogP contribution in [0.2, 0.25) is 0 Å². The Bertz CT molecular complexity index is 575. The fourth-order valence-electron chi connectivity index (χ4n) is 1.81. The summed E-state index contributed by atoms with van der Waals surface area (Å²) in [5, 5.41) is 0. The minimum absolute atomic E-state index is 0.391. The second-order valence-corrected chi connectivity index (χ2v) is 6.47. The van der Waals surface area contributed by atoms with Gasteiger partial charge in [0.1, 0.15) is 0 Å². The summed E-state index contributed by atoms with van der Waals surface area (Å²) in [6.07, 6.45) is 5.06. The van der Waals surface area contributed by atoms with Crippen molar-refractivity contribution in [3.05, 3.63) is 52.5 Å². The molecule has 0 saturated heterocycles. The van der Waals surface area contributed by atoms with E-state index < -0.39 is 9.84 Å². The Morgan fingerprint density at radius 1 is 0.941 bits per heavy atom. The minimum atomic E-state index is -3.29. The monoisotopic (exact) mass is 248 g/mol. The highest BCUT2D eigenvalue weighted by atomic mass is 32.2. The molecule has 0 N–H and O–H groups in total. The third-order valence-electron chi connectivity index (χ3n) is 3.00. The molecule has 90 valence electrons. The van der Waals surface area contributed by atoms with Crippen LogP contribution in [0.1, 0.15) is 25.3 Å². The van der Waals surface area contributed by atoms with E-state index in [1.165, 1.54) is 5.57 Å². The highest BCUT2D eigenvalue weighted by molar-refractivity contribution is 7.95. The first-order chi connectivity index (χ1) is 8.00. The first-order valence-corrected chi connectivity index (χ1v) is 7.16. The molecule has 0 fully saturated rings. The van der Waals surface area contributed by atoms with Gasteiger partial charge in [0.2, 0.25) is 9.84 Å². The molecule has 0 bridgehead atoms. The minimum Gasteiger partial charge on any atom is -0.219 e. The van der Waals surface area contributed by atoms with Gasteiger partial charge < -0.3 is 0 Å². The fraction of sp³-hybridized carbons (Fsp3) is 0.286. The number of hydrogen-bond donors (Lipinski definition) is 0. The second kappa shape index (κ2) is 4.49. The zero-order valence-corrected chi connectivity index (χ0v) is 10.9. The second-order valence-electron chi connectivity index (χ2n) is 4.46. The lowest BCUT2D eigenvalue weighted by molar-refractivity contribution is 0.599. The fourth-order valence-corrected chi connectivity index (χ4v) is 3.23. The van der Waals surface area contributed by atoms with Crippen molar-refractivity contribution in [1.82, 2.24) is 0 Å². The maximum Gasteiger partial charge on any atom is 0.202 e. The predicted octanol–water partition coefficient (Wildman–Crippen LogP) is 3.39. The van der Waals surface area contributed by atoms with Gasteiger partial charge in [-0.15, -0.1) is 0 Å². The summed E-state index contributed by atoms with van der Waals surface area (Å²) in [5.41, 5.74) is 2.30. The van der Waals surface area contributed by atoms with Crippen LogP contribution in [0.5, 0.6) is 0 Å². The molecule has 0 atom stereocenters. The van der Waals surface area contributed by atoms with Crippen LogP contribution in [0.25, 0.3) is 0 Å². The van der Waals surface area contributed by atoms with E-state index in [0.29, 0.717) is 16.2 Å². The normalized spacial score (nSPS) is 16.4. The predicted molar refractivity (Wildman–Crippen MR) is 69.4 cm³/mol. The molecule has 0 amide bonds. The molecule has 3 heteroatoms. The van der Waals surface area contributed by atoms with Gasteiger partial charge in [0.25, 0.3) is 0 Å². The molecular formula is C14H16O2S. The molecule has 0 unspecified atom stereocenters. The molecule has 2 rings (SSSR count). The molecule has 1 aromatic carbocycles. The average molecular weight is 248 g/mol. The van der Waals surface area contributed by atoms with E-state index in [0.717, 1.165) is 12.0 Å². The van der Waals surface area contributed by atoms with E-state index in [9.17, 15) is 8.42 Å². The number of allylic oxidation sites excluding steroid dienone is 4. The summed E-state index contributed by atoms with van der Waals surface area (Å²) in [4.78, 5) is 0.911. The van der Waals surface area contributed by atoms with Crippen LogP contribution < -0.4 is 0 Å². The van der Waals surface area contributed by atoms with E-state index in [1.54, 1.807) is 18.2 Å². The van der Waals surface area contributed by atoms with Crippen LogP contribution >= 0.6 is 0 Å². The van der Waals surface area contributed by atoms with Gasteiger partial charge >= 0.3 is 0 Å². The third kappa shape index (κ3) is 2.50. The van der Waals surface area contributed by atoms with Crippen LogP contribution in [0.15, 0.2) is 51.8 Å². The average Bonchev–Trinajstić information content (AvgIpc) is 2.30. The summed E-state index contributed by atoms with van der Waals surface area (Å²) >= 11 is 0. The first-order valence-electron chi connectivity index (χ1n) is 5.68. The van der Waals surface area contributed by atoms with Crippen molar-refractivity contribution in [2.45, 2.75) is 31.6 Å². The van der Waals surface area contributed by atoms with Crippen LogP contribution in [-0.4, -0.2) is 8.42 Å². The molecule has 1 aromatic rings. The van der Waals surface area contributed by atoms with Crippen molar-refractivity contribution in [2.75, 3.05) is 0 Å². The van der Waals surface area contributed by atoms with Crippen molar-refractivity contribution in [3.63, 3.8) is 0 Å². The number of rotatable bonds is 2. The van der Waals surface area contributed by atoms with Crippen molar-refractivity contribution in [2.24, 2.45) is 0 Å². The van der Waals surface area contributed by atoms with Gasteiger partial charge in [0, 0.05) is 4.91 Å². The maximum absolute atomic E-state index is 12.3. The summed E-state index contributed by atoms with van der Waals surface area (Å²) < 4.78 is 24.6.